The van der Waals surface area contributed by atoms with Crippen LogP contribution in [0.2, 0.25) is 5.02 Å². The van der Waals surface area contributed by atoms with Crippen LogP contribution in [0.5, 0.6) is 0 Å². The number of nitro benzene ring substituents is 1. The summed E-state index contributed by atoms with van der Waals surface area (Å²) in [5.41, 5.74) is 11.2. The summed E-state index contributed by atoms with van der Waals surface area (Å²) in [6.45, 7) is 6.70. The van der Waals surface area contributed by atoms with Gasteiger partial charge < -0.3 is 20.9 Å². The SMILES string of the molecule is NC1CCN(CCC(CSc2ccccc2)Nc2ccc(S(=O)(=O)Nc3ncnc4cc(N5CCN(Cc6ccccc6-c6ccc(Cl)cc6)CC5)ccc34)cc2[N+](=O)[O-])C1. The van der Waals surface area contributed by atoms with Crippen molar-refractivity contribution in [3.8, 4) is 11.1 Å². The number of sulfonamides is 1. The number of nitrogens with zero attached hydrogens (tertiary/aromatic N) is 6. The number of nitro groups is 1. The molecule has 0 saturated carbocycles. The van der Waals surface area contributed by atoms with E-state index in [2.05, 4.69) is 71.1 Å². The van der Waals surface area contributed by atoms with Crippen LogP contribution in [0.1, 0.15) is 18.4 Å². The van der Waals surface area contributed by atoms with E-state index in [0.717, 1.165) is 87.4 Å². The average Bonchev–Trinajstić information content (AvgIpc) is 3.70. The summed E-state index contributed by atoms with van der Waals surface area (Å²) in [5.74, 6) is 0.743. The van der Waals surface area contributed by atoms with Gasteiger partial charge in [-0.25, -0.2) is 18.4 Å². The van der Waals surface area contributed by atoms with Crippen LogP contribution in [-0.2, 0) is 16.6 Å². The fourth-order valence-electron chi connectivity index (χ4n) is 7.97. The molecule has 8 rings (SSSR count). The Kier molecular flexibility index (Phi) is 13.3. The molecule has 4 N–H and O–H groups in total. The van der Waals surface area contributed by atoms with E-state index in [0.29, 0.717) is 21.7 Å². The Morgan fingerprint density at radius 1 is 0.885 bits per heavy atom. The van der Waals surface area contributed by atoms with Crippen molar-refractivity contribution in [1.82, 2.24) is 19.8 Å². The zero-order chi connectivity index (χ0) is 42.3. The van der Waals surface area contributed by atoms with E-state index in [-0.39, 0.29) is 34.2 Å². The molecule has 2 unspecified atom stereocenters. The largest absolute Gasteiger partial charge is 0.376 e. The quantitative estimate of drug-likeness (QED) is 0.0489. The summed E-state index contributed by atoms with van der Waals surface area (Å²) < 4.78 is 30.2. The molecule has 2 saturated heterocycles. The minimum atomic E-state index is -4.28. The molecule has 16 heteroatoms. The van der Waals surface area contributed by atoms with Gasteiger partial charge in [-0.2, -0.15) is 0 Å². The number of rotatable bonds is 16. The van der Waals surface area contributed by atoms with Gasteiger partial charge in [0.05, 0.1) is 15.3 Å². The summed E-state index contributed by atoms with van der Waals surface area (Å²) in [7, 11) is -4.28. The van der Waals surface area contributed by atoms with Crippen molar-refractivity contribution >= 4 is 67.2 Å². The van der Waals surface area contributed by atoms with Gasteiger partial charge in [0.25, 0.3) is 15.7 Å². The molecule has 2 aliphatic heterocycles. The molecule has 61 heavy (non-hydrogen) atoms. The number of piperazine rings is 1. The van der Waals surface area contributed by atoms with E-state index >= 15 is 0 Å². The molecule has 6 aromatic rings. The van der Waals surface area contributed by atoms with Gasteiger partial charge in [-0.15, -0.1) is 11.8 Å². The smallest absolute Gasteiger partial charge is 0.293 e. The van der Waals surface area contributed by atoms with Gasteiger partial charge in [0.2, 0.25) is 0 Å². The first-order valence-electron chi connectivity index (χ1n) is 20.4. The Labute approximate surface area is 365 Å². The number of benzene rings is 5. The highest BCUT2D eigenvalue weighted by atomic mass is 35.5. The molecule has 3 heterocycles. The third-order valence-electron chi connectivity index (χ3n) is 11.3. The Morgan fingerprint density at radius 3 is 2.41 bits per heavy atom. The van der Waals surface area contributed by atoms with Crippen molar-refractivity contribution in [2.75, 3.05) is 66.5 Å². The van der Waals surface area contributed by atoms with Gasteiger partial charge in [-0.3, -0.25) is 19.7 Å². The van der Waals surface area contributed by atoms with Crippen LogP contribution in [0.3, 0.4) is 0 Å². The number of hydrogen-bond donors (Lipinski definition) is 3. The Morgan fingerprint density at radius 2 is 1.66 bits per heavy atom. The molecule has 2 aliphatic rings. The summed E-state index contributed by atoms with van der Waals surface area (Å²) >= 11 is 7.81. The van der Waals surface area contributed by atoms with Crippen molar-refractivity contribution in [3.05, 3.63) is 142 Å². The standard InChI is InChI=1S/C45H48ClN9O4S2/c46-34-12-10-32(11-13-34)40-9-5-4-6-33(40)28-53-22-24-54(25-23-53)37-14-16-41-43(26-37)48-31-49-45(41)51-61(58,59)39-15-17-42(44(27-39)55(56)57)50-36(19-21-52-20-18-35(47)29-52)30-60-38-7-2-1-3-8-38/h1-17,26-27,31,35-36,50H,18-25,28-30,47H2,(H,48,49,51). The lowest BCUT2D eigenvalue weighted by Gasteiger charge is -2.36. The monoisotopic (exact) mass is 877 g/mol. The topological polar surface area (TPSA) is 163 Å². The highest BCUT2D eigenvalue weighted by Gasteiger charge is 2.26. The van der Waals surface area contributed by atoms with Gasteiger partial charge in [-0.05, 0) is 90.7 Å². The van der Waals surface area contributed by atoms with Crippen molar-refractivity contribution in [2.45, 2.75) is 41.3 Å². The molecule has 316 valence electrons. The maximum atomic E-state index is 13.8. The minimum absolute atomic E-state index is 0.0882. The summed E-state index contributed by atoms with van der Waals surface area (Å²) in [6.07, 6.45) is 2.99. The van der Waals surface area contributed by atoms with Crippen LogP contribution in [-0.4, -0.2) is 96.8 Å². The number of thioether (sulfide) groups is 1. The second-order valence-corrected chi connectivity index (χ2v) is 18.7. The lowest BCUT2D eigenvalue weighted by Crippen LogP contribution is -2.46. The summed E-state index contributed by atoms with van der Waals surface area (Å²) in [4.78, 5) is 28.5. The second-order valence-electron chi connectivity index (χ2n) is 15.5. The molecule has 5 aromatic carbocycles. The van der Waals surface area contributed by atoms with E-state index in [1.54, 1.807) is 11.8 Å². The fraction of sp³-hybridized carbons (Fsp3) is 0.289. The second kappa shape index (κ2) is 19.2. The Balaban J connectivity index is 0.934. The molecule has 0 radical (unpaired) electrons. The molecule has 2 fully saturated rings. The normalized spacial score (nSPS) is 16.8. The highest BCUT2D eigenvalue weighted by Crippen LogP contribution is 2.33. The van der Waals surface area contributed by atoms with Gasteiger partial charge in [0.15, 0.2) is 5.82 Å². The molecule has 2 atom stereocenters. The number of halogens is 1. The maximum Gasteiger partial charge on any atom is 0.293 e. The summed E-state index contributed by atoms with van der Waals surface area (Å²) in [6, 6.07) is 36.1. The third-order valence-corrected chi connectivity index (χ3v) is 14.1. The zero-order valence-corrected chi connectivity index (χ0v) is 36.0. The molecule has 0 spiro atoms. The van der Waals surface area contributed by atoms with Gasteiger partial charge in [0, 0.05) is 90.7 Å². The first kappa shape index (κ1) is 42.4. The van der Waals surface area contributed by atoms with E-state index < -0.39 is 14.9 Å². The van der Waals surface area contributed by atoms with E-state index in [9.17, 15) is 18.5 Å². The van der Waals surface area contributed by atoms with Crippen LogP contribution >= 0.6 is 23.4 Å². The van der Waals surface area contributed by atoms with Gasteiger partial charge >= 0.3 is 0 Å². The molecule has 0 bridgehead atoms. The van der Waals surface area contributed by atoms with E-state index in [1.807, 2.05) is 60.7 Å². The molecular formula is C45H48ClN9O4S2. The van der Waals surface area contributed by atoms with Crippen LogP contribution in [0.25, 0.3) is 22.0 Å². The van der Waals surface area contributed by atoms with Crippen molar-refractivity contribution in [3.63, 3.8) is 0 Å². The predicted octanol–water partition coefficient (Wildman–Crippen LogP) is 7.98. The molecule has 0 amide bonds. The number of fused-ring (bicyclic) bond motifs is 1. The Bertz CT molecular complexity index is 2580. The lowest BCUT2D eigenvalue weighted by atomic mass is 9.99. The van der Waals surface area contributed by atoms with Crippen LogP contribution in [0.4, 0.5) is 22.9 Å². The number of anilines is 3. The van der Waals surface area contributed by atoms with Crippen LogP contribution < -0.4 is 20.7 Å². The van der Waals surface area contributed by atoms with Crippen molar-refractivity contribution in [1.29, 1.82) is 0 Å². The van der Waals surface area contributed by atoms with Gasteiger partial charge in [-0.1, -0.05) is 66.2 Å². The number of hydrogen-bond acceptors (Lipinski definition) is 12. The van der Waals surface area contributed by atoms with Crippen molar-refractivity contribution < 1.29 is 13.3 Å². The fourth-order valence-corrected chi connectivity index (χ4v) is 10.1. The van der Waals surface area contributed by atoms with Crippen LogP contribution in [0.15, 0.2) is 131 Å². The third kappa shape index (κ3) is 10.6. The maximum absolute atomic E-state index is 13.8. The van der Waals surface area contributed by atoms with Gasteiger partial charge in [0.1, 0.15) is 12.0 Å². The first-order chi connectivity index (χ1) is 29.6. The van der Waals surface area contributed by atoms with Crippen molar-refractivity contribution in [2.24, 2.45) is 5.73 Å². The van der Waals surface area contributed by atoms with Crippen LogP contribution in [0, 0.1) is 10.1 Å². The average molecular weight is 879 g/mol. The molecule has 0 aliphatic carbocycles. The van der Waals surface area contributed by atoms with E-state index in [1.165, 1.54) is 29.6 Å². The number of nitrogens with two attached hydrogens (primary N) is 1. The minimum Gasteiger partial charge on any atom is -0.376 e. The first-order valence-corrected chi connectivity index (χ1v) is 23.2. The number of aromatic nitrogens is 2. The number of nitrogens with one attached hydrogen (secondary N) is 2. The molecular weight excluding hydrogens is 830 g/mol. The molecule has 13 nitrogen and oxygen atoms in total. The number of likely N-dealkylation sites (tertiary alicyclic amines) is 1. The predicted molar refractivity (Wildman–Crippen MR) is 246 cm³/mol. The van der Waals surface area contributed by atoms with E-state index in [4.69, 9.17) is 17.3 Å². The lowest BCUT2D eigenvalue weighted by molar-refractivity contribution is -0.384. The highest BCUT2D eigenvalue weighted by molar-refractivity contribution is 7.99. The molecule has 1 aromatic heterocycles. The summed E-state index contributed by atoms with van der Waals surface area (Å²) in [5, 5.41) is 17.0. The zero-order valence-electron chi connectivity index (χ0n) is 33.6. The Hall–Kier alpha value is -5.29.